The summed E-state index contributed by atoms with van der Waals surface area (Å²) < 4.78 is 21.0. The van der Waals surface area contributed by atoms with E-state index in [1.807, 2.05) is 41.4 Å². The second kappa shape index (κ2) is 10.5. The van der Waals surface area contributed by atoms with Gasteiger partial charge in [0.1, 0.15) is 17.5 Å². The van der Waals surface area contributed by atoms with Crippen LogP contribution in [-0.4, -0.2) is 58.5 Å². The highest BCUT2D eigenvalue weighted by Crippen LogP contribution is 2.31. The third-order valence-corrected chi connectivity index (χ3v) is 7.38. The molecule has 3 heterocycles. The van der Waals surface area contributed by atoms with Gasteiger partial charge in [0.15, 0.2) is 11.4 Å². The van der Waals surface area contributed by atoms with Crippen molar-refractivity contribution < 1.29 is 23.8 Å². The van der Waals surface area contributed by atoms with Crippen molar-refractivity contribution in [3.8, 4) is 5.75 Å². The number of fused-ring (bicyclic) bond motifs is 3. The van der Waals surface area contributed by atoms with Gasteiger partial charge in [-0.15, -0.1) is 0 Å². The van der Waals surface area contributed by atoms with Crippen LogP contribution in [-0.2, 0) is 11.3 Å². The second-order valence-electron chi connectivity index (χ2n) is 8.69. The number of ether oxygens (including phenoxy) is 1. The Bertz CT molecular complexity index is 1200. The molecular weight excluding hydrogens is 570 g/mol. The standard InChI is InChI=1S/C24H28FIN4O5/c1-3-35-13-14(2)30-19-6-4-5-9-28(19)29-12-17(21(31)22(32)20(29)24(30)34)23(33)27-11-15-7-8-16(25)10-18(15)26/h7-8,10,12,14,19,32H,3-6,9,11,13H2,1-2H3,(H,27,33)/t14-,19-/m1/s1. The van der Waals surface area contributed by atoms with Crippen LogP contribution in [0.2, 0.25) is 0 Å². The molecule has 11 heteroatoms. The van der Waals surface area contributed by atoms with Crippen LogP contribution in [0.1, 0.15) is 59.5 Å². The molecule has 9 nitrogen and oxygen atoms in total. The highest BCUT2D eigenvalue weighted by atomic mass is 127. The van der Waals surface area contributed by atoms with Gasteiger partial charge in [-0.1, -0.05) is 6.07 Å². The van der Waals surface area contributed by atoms with Gasteiger partial charge in [-0.25, -0.2) is 4.39 Å². The third-order valence-electron chi connectivity index (χ3n) is 6.38. The number of nitrogens with one attached hydrogen (secondary N) is 1. The van der Waals surface area contributed by atoms with E-state index in [1.165, 1.54) is 23.0 Å². The van der Waals surface area contributed by atoms with Crippen molar-refractivity contribution in [2.24, 2.45) is 0 Å². The fourth-order valence-corrected chi connectivity index (χ4v) is 5.31. The Labute approximate surface area is 216 Å². The number of halogens is 2. The molecule has 1 saturated heterocycles. The van der Waals surface area contributed by atoms with Crippen LogP contribution in [0.25, 0.3) is 0 Å². The summed E-state index contributed by atoms with van der Waals surface area (Å²) in [7, 11) is 0. The van der Waals surface area contributed by atoms with Crippen LogP contribution in [0.4, 0.5) is 4.39 Å². The lowest BCUT2D eigenvalue weighted by Crippen LogP contribution is -2.65. The van der Waals surface area contributed by atoms with E-state index >= 15 is 0 Å². The lowest BCUT2D eigenvalue weighted by Gasteiger charge is -2.50. The maximum Gasteiger partial charge on any atom is 0.278 e. The first-order valence-corrected chi connectivity index (χ1v) is 12.7. The Morgan fingerprint density at radius 2 is 2.11 bits per heavy atom. The number of aromatic nitrogens is 1. The summed E-state index contributed by atoms with van der Waals surface area (Å²) in [6.07, 6.45) is 3.58. The Balaban J connectivity index is 1.68. The van der Waals surface area contributed by atoms with Crippen molar-refractivity contribution in [1.82, 2.24) is 14.9 Å². The van der Waals surface area contributed by atoms with Gasteiger partial charge in [-0.05, 0) is 73.4 Å². The summed E-state index contributed by atoms with van der Waals surface area (Å²) in [4.78, 5) is 41.1. The molecule has 1 aromatic carbocycles. The molecule has 0 spiro atoms. The Morgan fingerprint density at radius 1 is 1.34 bits per heavy atom. The maximum atomic E-state index is 13.5. The number of benzene rings is 1. The Kier molecular flexibility index (Phi) is 7.64. The number of piperidine rings is 1. The van der Waals surface area contributed by atoms with E-state index in [2.05, 4.69) is 5.32 Å². The molecular formula is C24H28FIN4O5. The first kappa shape index (κ1) is 25.4. The van der Waals surface area contributed by atoms with E-state index in [0.717, 1.165) is 19.3 Å². The smallest absolute Gasteiger partial charge is 0.278 e. The first-order chi connectivity index (χ1) is 16.7. The largest absolute Gasteiger partial charge is 0.502 e. The minimum atomic E-state index is -0.913. The maximum absolute atomic E-state index is 13.5. The zero-order chi connectivity index (χ0) is 25.3. The molecule has 2 N–H and O–H groups in total. The summed E-state index contributed by atoms with van der Waals surface area (Å²) >= 11 is 1.97. The number of nitrogens with zero attached hydrogens (tertiary/aromatic N) is 3. The number of amides is 2. The van der Waals surface area contributed by atoms with Crippen LogP contribution in [0.5, 0.6) is 5.75 Å². The molecule has 2 aromatic rings. The van der Waals surface area contributed by atoms with Crippen LogP contribution >= 0.6 is 22.6 Å². The highest BCUT2D eigenvalue weighted by Gasteiger charge is 2.43. The van der Waals surface area contributed by atoms with Crippen molar-refractivity contribution in [3.63, 3.8) is 0 Å². The van der Waals surface area contributed by atoms with Crippen LogP contribution in [0, 0.1) is 9.39 Å². The zero-order valence-electron chi connectivity index (χ0n) is 19.6. The monoisotopic (exact) mass is 598 g/mol. The SMILES string of the molecule is CCOC[C@@H](C)N1C(=O)c2c(O)c(=O)c(C(=O)NCc3ccc(F)cc3I)cn2N2CCCC[C@@H]12. The summed E-state index contributed by atoms with van der Waals surface area (Å²) in [5.74, 6) is -2.29. The molecule has 1 fully saturated rings. The topological polar surface area (TPSA) is 104 Å². The minimum Gasteiger partial charge on any atom is -0.502 e. The van der Waals surface area contributed by atoms with E-state index in [-0.39, 0.29) is 35.8 Å². The van der Waals surface area contributed by atoms with Gasteiger partial charge < -0.3 is 20.1 Å². The van der Waals surface area contributed by atoms with E-state index in [1.54, 1.807) is 11.0 Å². The van der Waals surface area contributed by atoms with Crippen molar-refractivity contribution in [2.45, 2.75) is 51.9 Å². The number of carbonyl (C=O) groups is 2. The van der Waals surface area contributed by atoms with Gasteiger partial charge in [-0.3, -0.25) is 24.1 Å². The number of carbonyl (C=O) groups excluding carboxylic acids is 2. The average Bonchev–Trinajstić information content (AvgIpc) is 2.83. The molecule has 0 unspecified atom stereocenters. The third kappa shape index (κ3) is 4.88. The fraction of sp³-hybridized carbons (Fsp3) is 0.458. The lowest BCUT2D eigenvalue weighted by molar-refractivity contribution is 0.0183. The Morgan fingerprint density at radius 3 is 2.83 bits per heavy atom. The molecule has 188 valence electrons. The highest BCUT2D eigenvalue weighted by molar-refractivity contribution is 14.1. The average molecular weight is 598 g/mol. The van der Waals surface area contributed by atoms with Crippen LogP contribution in [0.3, 0.4) is 0 Å². The zero-order valence-corrected chi connectivity index (χ0v) is 21.7. The van der Waals surface area contributed by atoms with Gasteiger partial charge in [0.25, 0.3) is 11.8 Å². The predicted octanol–water partition coefficient (Wildman–Crippen LogP) is 2.56. The summed E-state index contributed by atoms with van der Waals surface area (Å²) in [6.45, 7) is 5.27. The summed E-state index contributed by atoms with van der Waals surface area (Å²) in [6, 6.07) is 3.94. The number of rotatable bonds is 7. The molecule has 2 amide bonds. The predicted molar refractivity (Wildman–Crippen MR) is 136 cm³/mol. The normalized spacial score (nSPS) is 18.2. The fourth-order valence-electron chi connectivity index (χ4n) is 4.64. The molecule has 2 aliphatic rings. The lowest BCUT2D eigenvalue weighted by atomic mass is 10.0. The molecule has 0 radical (unpaired) electrons. The first-order valence-electron chi connectivity index (χ1n) is 11.6. The van der Waals surface area contributed by atoms with Gasteiger partial charge in [0, 0.05) is 29.5 Å². The molecule has 4 rings (SSSR count). The van der Waals surface area contributed by atoms with Gasteiger partial charge in [0.2, 0.25) is 5.43 Å². The van der Waals surface area contributed by atoms with E-state index in [4.69, 9.17) is 4.74 Å². The molecule has 0 aliphatic carbocycles. The van der Waals surface area contributed by atoms with E-state index in [0.29, 0.717) is 28.9 Å². The van der Waals surface area contributed by atoms with E-state index in [9.17, 15) is 23.9 Å². The van der Waals surface area contributed by atoms with Gasteiger partial charge in [0.05, 0.1) is 12.6 Å². The van der Waals surface area contributed by atoms with Gasteiger partial charge in [-0.2, -0.15) is 0 Å². The minimum absolute atomic E-state index is 0.0767. The molecule has 2 atom stereocenters. The molecule has 35 heavy (non-hydrogen) atoms. The number of aromatic hydroxyl groups is 1. The molecule has 0 bridgehead atoms. The van der Waals surface area contributed by atoms with E-state index < -0.39 is 23.0 Å². The van der Waals surface area contributed by atoms with Gasteiger partial charge >= 0.3 is 0 Å². The van der Waals surface area contributed by atoms with Crippen molar-refractivity contribution in [1.29, 1.82) is 0 Å². The summed E-state index contributed by atoms with van der Waals surface area (Å²) in [5, 5.41) is 15.4. The van der Waals surface area contributed by atoms with Crippen LogP contribution < -0.4 is 15.8 Å². The van der Waals surface area contributed by atoms with Crippen molar-refractivity contribution in [3.05, 3.63) is 60.8 Å². The van der Waals surface area contributed by atoms with Crippen molar-refractivity contribution in [2.75, 3.05) is 24.8 Å². The number of hydrogen-bond donors (Lipinski definition) is 2. The molecule has 2 aliphatic heterocycles. The Hall–Kier alpha value is -2.67. The number of pyridine rings is 1. The van der Waals surface area contributed by atoms with Crippen molar-refractivity contribution >= 4 is 34.4 Å². The number of hydrogen-bond acceptors (Lipinski definition) is 6. The second-order valence-corrected chi connectivity index (χ2v) is 9.85. The molecule has 0 saturated carbocycles. The van der Waals surface area contributed by atoms with Crippen LogP contribution in [0.15, 0.2) is 29.2 Å². The summed E-state index contributed by atoms with van der Waals surface area (Å²) in [5.41, 5.74) is -0.644. The molecule has 1 aromatic heterocycles. The quantitative estimate of drug-likeness (QED) is 0.476.